The molecule has 20 heavy (non-hydrogen) atoms. The molecule has 3 rings (SSSR count). The highest BCUT2D eigenvalue weighted by molar-refractivity contribution is 5.28. The second-order valence-corrected chi connectivity index (χ2v) is 5.44. The van der Waals surface area contributed by atoms with Crippen LogP contribution < -0.4 is 5.73 Å². The average molecular weight is 276 g/mol. The molecule has 106 valence electrons. The van der Waals surface area contributed by atoms with Gasteiger partial charge in [-0.1, -0.05) is 0 Å². The van der Waals surface area contributed by atoms with Crippen molar-refractivity contribution in [1.82, 2.24) is 4.57 Å². The van der Waals surface area contributed by atoms with E-state index in [2.05, 4.69) is 10.6 Å². The number of halogens is 2. The summed E-state index contributed by atoms with van der Waals surface area (Å²) in [5.74, 6) is -1.03. The third kappa shape index (κ3) is 2.61. The van der Waals surface area contributed by atoms with Gasteiger partial charge in [-0.3, -0.25) is 0 Å². The van der Waals surface area contributed by atoms with Gasteiger partial charge in [0.05, 0.1) is 0 Å². The van der Waals surface area contributed by atoms with Crippen LogP contribution in [0, 0.1) is 11.6 Å². The van der Waals surface area contributed by atoms with Crippen LogP contribution in [0.5, 0.6) is 0 Å². The number of nitrogens with two attached hydrogens (primary N) is 1. The van der Waals surface area contributed by atoms with E-state index >= 15 is 0 Å². The van der Waals surface area contributed by atoms with Gasteiger partial charge in [-0.2, -0.15) is 0 Å². The van der Waals surface area contributed by atoms with E-state index in [1.807, 2.05) is 6.20 Å². The second-order valence-electron chi connectivity index (χ2n) is 5.44. The van der Waals surface area contributed by atoms with E-state index in [0.717, 1.165) is 31.9 Å². The fourth-order valence-electron chi connectivity index (χ4n) is 3.01. The molecule has 4 heteroatoms. The van der Waals surface area contributed by atoms with Crippen LogP contribution in [0.3, 0.4) is 0 Å². The molecule has 2 aromatic rings. The molecule has 1 unspecified atom stereocenters. The molecule has 1 aliphatic carbocycles. The zero-order valence-corrected chi connectivity index (χ0v) is 11.3. The Kier molecular flexibility index (Phi) is 3.57. The number of hydrogen-bond donors (Lipinski definition) is 1. The Morgan fingerprint density at radius 3 is 2.70 bits per heavy atom. The van der Waals surface area contributed by atoms with Crippen LogP contribution in [0.4, 0.5) is 8.78 Å². The molecule has 0 amide bonds. The van der Waals surface area contributed by atoms with E-state index in [-0.39, 0.29) is 6.04 Å². The SMILES string of the molecule is NC1CCCc2c1ccn2CCc1cc(F)cc(F)c1. The first kappa shape index (κ1) is 13.3. The van der Waals surface area contributed by atoms with Gasteiger partial charge < -0.3 is 10.3 Å². The summed E-state index contributed by atoms with van der Waals surface area (Å²) < 4.78 is 28.5. The summed E-state index contributed by atoms with van der Waals surface area (Å²) in [6.45, 7) is 0.727. The van der Waals surface area contributed by atoms with Gasteiger partial charge in [0.2, 0.25) is 0 Å². The van der Waals surface area contributed by atoms with Crippen LogP contribution >= 0.6 is 0 Å². The molecule has 0 saturated carbocycles. The van der Waals surface area contributed by atoms with Crippen molar-refractivity contribution in [1.29, 1.82) is 0 Å². The van der Waals surface area contributed by atoms with Gasteiger partial charge in [-0.25, -0.2) is 8.78 Å². The Morgan fingerprint density at radius 2 is 1.95 bits per heavy atom. The first-order valence-electron chi connectivity index (χ1n) is 7.02. The van der Waals surface area contributed by atoms with Crippen molar-refractivity contribution in [3.63, 3.8) is 0 Å². The van der Waals surface area contributed by atoms with Crippen molar-refractivity contribution in [2.24, 2.45) is 5.73 Å². The van der Waals surface area contributed by atoms with E-state index in [0.29, 0.717) is 12.0 Å². The standard InChI is InChI=1S/C16H18F2N2/c17-12-8-11(9-13(18)10-12)4-6-20-7-5-14-15(19)2-1-3-16(14)20/h5,7-10,15H,1-4,6,19H2. The Labute approximate surface area is 117 Å². The van der Waals surface area contributed by atoms with Gasteiger partial charge in [-0.15, -0.1) is 0 Å². The van der Waals surface area contributed by atoms with Crippen molar-refractivity contribution in [2.75, 3.05) is 0 Å². The van der Waals surface area contributed by atoms with Crippen molar-refractivity contribution in [3.05, 3.63) is 58.9 Å². The summed E-state index contributed by atoms with van der Waals surface area (Å²) in [6.07, 6.45) is 5.82. The van der Waals surface area contributed by atoms with E-state index < -0.39 is 11.6 Å². The number of hydrogen-bond acceptors (Lipinski definition) is 1. The average Bonchev–Trinajstić information content (AvgIpc) is 2.80. The highest BCUT2D eigenvalue weighted by Crippen LogP contribution is 2.28. The van der Waals surface area contributed by atoms with Gasteiger partial charge in [-0.05, 0) is 55.0 Å². The molecule has 0 radical (unpaired) electrons. The van der Waals surface area contributed by atoms with Gasteiger partial charge in [0.1, 0.15) is 11.6 Å². The molecule has 0 saturated heterocycles. The lowest BCUT2D eigenvalue weighted by molar-refractivity contribution is 0.537. The summed E-state index contributed by atoms with van der Waals surface area (Å²) in [5.41, 5.74) is 9.28. The number of benzene rings is 1. The summed E-state index contributed by atoms with van der Waals surface area (Å²) in [4.78, 5) is 0. The minimum absolute atomic E-state index is 0.131. The van der Waals surface area contributed by atoms with Crippen molar-refractivity contribution < 1.29 is 8.78 Å². The quantitative estimate of drug-likeness (QED) is 0.915. The molecule has 1 atom stereocenters. The maximum atomic E-state index is 13.2. The number of fused-ring (bicyclic) bond motifs is 1. The Hall–Kier alpha value is -1.68. The van der Waals surface area contributed by atoms with Crippen molar-refractivity contribution >= 4 is 0 Å². The van der Waals surface area contributed by atoms with E-state index in [4.69, 9.17) is 5.73 Å². The smallest absolute Gasteiger partial charge is 0.126 e. The van der Waals surface area contributed by atoms with Gasteiger partial charge in [0.15, 0.2) is 0 Å². The maximum absolute atomic E-state index is 13.2. The number of aromatic nitrogens is 1. The lowest BCUT2D eigenvalue weighted by Gasteiger charge is -2.21. The van der Waals surface area contributed by atoms with Gasteiger partial charge in [0, 0.05) is 30.5 Å². The third-order valence-corrected chi connectivity index (χ3v) is 4.01. The third-order valence-electron chi connectivity index (χ3n) is 4.01. The molecular formula is C16H18F2N2. The zero-order valence-electron chi connectivity index (χ0n) is 11.3. The summed E-state index contributed by atoms with van der Waals surface area (Å²) in [7, 11) is 0. The largest absolute Gasteiger partial charge is 0.351 e. The lowest BCUT2D eigenvalue weighted by Crippen LogP contribution is -2.18. The van der Waals surface area contributed by atoms with E-state index in [1.54, 1.807) is 0 Å². The minimum atomic E-state index is -0.517. The predicted molar refractivity (Wildman–Crippen MR) is 74.4 cm³/mol. The maximum Gasteiger partial charge on any atom is 0.126 e. The number of rotatable bonds is 3. The zero-order chi connectivity index (χ0) is 14.1. The summed E-state index contributed by atoms with van der Waals surface area (Å²) in [6, 6.07) is 5.90. The van der Waals surface area contributed by atoms with Crippen LogP contribution in [0.1, 0.15) is 35.7 Å². The van der Waals surface area contributed by atoms with Crippen LogP contribution in [0.25, 0.3) is 0 Å². The molecule has 2 N–H and O–H groups in total. The molecule has 0 fully saturated rings. The summed E-state index contributed by atoms with van der Waals surface area (Å²) >= 11 is 0. The van der Waals surface area contributed by atoms with Crippen molar-refractivity contribution in [3.8, 4) is 0 Å². The topological polar surface area (TPSA) is 30.9 Å². The van der Waals surface area contributed by atoms with Crippen LogP contribution in [0.2, 0.25) is 0 Å². The van der Waals surface area contributed by atoms with Gasteiger partial charge in [0.25, 0.3) is 0 Å². The molecule has 1 aromatic heterocycles. The summed E-state index contributed by atoms with van der Waals surface area (Å²) in [5, 5.41) is 0. The highest BCUT2D eigenvalue weighted by Gasteiger charge is 2.19. The molecule has 0 spiro atoms. The highest BCUT2D eigenvalue weighted by atomic mass is 19.1. The molecule has 1 aliphatic rings. The Balaban J connectivity index is 1.76. The van der Waals surface area contributed by atoms with Crippen LogP contribution in [-0.4, -0.2) is 4.57 Å². The first-order valence-corrected chi connectivity index (χ1v) is 7.02. The second kappa shape index (κ2) is 5.37. The Morgan fingerprint density at radius 1 is 1.20 bits per heavy atom. The Bertz CT molecular complexity index is 599. The molecule has 1 heterocycles. The monoisotopic (exact) mass is 276 g/mol. The van der Waals surface area contributed by atoms with E-state index in [9.17, 15) is 8.78 Å². The molecular weight excluding hydrogens is 258 g/mol. The lowest BCUT2D eigenvalue weighted by atomic mass is 9.93. The predicted octanol–water partition coefficient (Wildman–Crippen LogP) is 3.35. The normalized spacial score (nSPS) is 18.1. The molecule has 0 bridgehead atoms. The van der Waals surface area contributed by atoms with Crippen LogP contribution in [-0.2, 0) is 19.4 Å². The van der Waals surface area contributed by atoms with Gasteiger partial charge >= 0.3 is 0 Å². The van der Waals surface area contributed by atoms with E-state index in [1.165, 1.54) is 23.4 Å². The molecule has 1 aromatic carbocycles. The molecule has 0 aliphatic heterocycles. The number of aryl methyl sites for hydroxylation is 2. The minimum Gasteiger partial charge on any atom is -0.351 e. The van der Waals surface area contributed by atoms with Crippen LogP contribution in [0.15, 0.2) is 30.5 Å². The molecule has 2 nitrogen and oxygen atoms in total. The number of nitrogens with zero attached hydrogens (tertiary/aromatic N) is 1. The fraction of sp³-hybridized carbons (Fsp3) is 0.375. The fourth-order valence-corrected chi connectivity index (χ4v) is 3.01. The van der Waals surface area contributed by atoms with Crippen molar-refractivity contribution in [2.45, 2.75) is 38.3 Å². The first-order chi connectivity index (χ1) is 9.63.